The van der Waals surface area contributed by atoms with Gasteiger partial charge in [0.1, 0.15) is 5.78 Å². The van der Waals surface area contributed by atoms with E-state index in [1.54, 1.807) is 11.8 Å². The van der Waals surface area contributed by atoms with Crippen LogP contribution in [0.3, 0.4) is 0 Å². The van der Waals surface area contributed by atoms with Crippen LogP contribution in [0.1, 0.15) is 5.56 Å². The van der Waals surface area contributed by atoms with Crippen molar-refractivity contribution in [2.75, 3.05) is 11.6 Å². The second-order valence-electron chi connectivity index (χ2n) is 2.81. The third-order valence-electron chi connectivity index (χ3n) is 1.80. The lowest BCUT2D eigenvalue weighted by Crippen LogP contribution is -2.04. The van der Waals surface area contributed by atoms with E-state index >= 15 is 0 Å². The predicted octanol–water partition coefficient (Wildman–Crippen LogP) is 3.52. The normalized spacial score (nSPS) is 10.2. The van der Waals surface area contributed by atoms with E-state index < -0.39 is 0 Å². The summed E-state index contributed by atoms with van der Waals surface area (Å²) in [6.07, 6.45) is 2.58. The summed E-state index contributed by atoms with van der Waals surface area (Å²) in [6, 6.07) is 6.21. The molecule has 0 saturated heterocycles. The summed E-state index contributed by atoms with van der Waals surface area (Å²) in [5, 5.41) is 0.438. The molecule has 0 aliphatic heterocycles. The quantitative estimate of drug-likeness (QED) is 0.449. The molecule has 0 amide bonds. The fourth-order valence-electron chi connectivity index (χ4n) is 1.06. The van der Waals surface area contributed by atoms with E-state index in [1.165, 1.54) is 8.47 Å². The van der Waals surface area contributed by atoms with Gasteiger partial charge in [0.05, 0.1) is 5.33 Å². The highest BCUT2D eigenvalue weighted by atomic mass is 127. The van der Waals surface area contributed by atoms with Crippen molar-refractivity contribution in [3.05, 3.63) is 27.3 Å². The molecule has 0 atom stereocenters. The molecular formula is C10H10BrIOS. The number of halogens is 2. The maximum Gasteiger partial charge on any atom is 0.147 e. The first-order chi connectivity index (χ1) is 6.67. The Kier molecular flexibility index (Phi) is 5.48. The second-order valence-corrected chi connectivity index (χ2v) is 5.41. The van der Waals surface area contributed by atoms with Crippen LogP contribution in [0.4, 0.5) is 0 Å². The lowest BCUT2D eigenvalue weighted by Gasteiger charge is -2.04. The van der Waals surface area contributed by atoms with Crippen molar-refractivity contribution in [2.24, 2.45) is 0 Å². The molecule has 0 radical (unpaired) electrons. The maximum atomic E-state index is 11.2. The lowest BCUT2D eigenvalue weighted by atomic mass is 10.1. The minimum absolute atomic E-state index is 0.222. The van der Waals surface area contributed by atoms with E-state index in [2.05, 4.69) is 56.9 Å². The molecule has 0 spiro atoms. The first-order valence-electron chi connectivity index (χ1n) is 4.07. The number of rotatable bonds is 4. The number of carbonyl (C=O) groups excluding carboxylic acids is 1. The van der Waals surface area contributed by atoms with Crippen LogP contribution >= 0.6 is 50.3 Å². The molecule has 0 aromatic heterocycles. The summed E-state index contributed by atoms with van der Waals surface area (Å²) < 4.78 is 1.17. The smallest absolute Gasteiger partial charge is 0.147 e. The van der Waals surface area contributed by atoms with Crippen LogP contribution in [-0.4, -0.2) is 17.4 Å². The van der Waals surface area contributed by atoms with E-state index in [1.807, 2.05) is 6.07 Å². The highest BCUT2D eigenvalue weighted by Crippen LogP contribution is 2.21. The summed E-state index contributed by atoms with van der Waals surface area (Å²) >= 11 is 7.16. The van der Waals surface area contributed by atoms with E-state index in [9.17, 15) is 4.79 Å². The van der Waals surface area contributed by atoms with Gasteiger partial charge >= 0.3 is 0 Å². The minimum atomic E-state index is 0.222. The standard InChI is InChI=1S/C10H10BrIOS/c1-14-9-3-2-7(10(12)5-9)4-8(13)6-11/h2-3,5H,4,6H2,1H3. The van der Waals surface area contributed by atoms with Crippen molar-refractivity contribution in [1.82, 2.24) is 0 Å². The highest BCUT2D eigenvalue weighted by molar-refractivity contribution is 14.1. The molecule has 1 aromatic rings. The van der Waals surface area contributed by atoms with Gasteiger partial charge in [-0.25, -0.2) is 0 Å². The third-order valence-corrected chi connectivity index (χ3v) is 4.15. The molecule has 76 valence electrons. The number of carbonyl (C=O) groups is 1. The van der Waals surface area contributed by atoms with Gasteiger partial charge in [0.25, 0.3) is 0 Å². The summed E-state index contributed by atoms with van der Waals surface area (Å²) in [5.41, 5.74) is 1.12. The number of ketones is 1. The monoisotopic (exact) mass is 384 g/mol. The summed E-state index contributed by atoms with van der Waals surface area (Å²) in [7, 11) is 0. The third kappa shape index (κ3) is 3.55. The van der Waals surface area contributed by atoms with Gasteiger partial charge < -0.3 is 0 Å². The van der Waals surface area contributed by atoms with Crippen molar-refractivity contribution < 1.29 is 4.79 Å². The van der Waals surface area contributed by atoms with Crippen molar-refractivity contribution in [3.63, 3.8) is 0 Å². The average molecular weight is 385 g/mol. The summed E-state index contributed by atoms with van der Waals surface area (Å²) in [6.45, 7) is 0. The maximum absolute atomic E-state index is 11.2. The molecule has 0 saturated carbocycles. The number of thioether (sulfide) groups is 1. The van der Waals surface area contributed by atoms with E-state index in [-0.39, 0.29) is 5.78 Å². The summed E-state index contributed by atoms with van der Waals surface area (Å²) in [4.78, 5) is 12.5. The van der Waals surface area contributed by atoms with Crippen LogP contribution in [-0.2, 0) is 11.2 Å². The molecule has 1 aromatic carbocycles. The highest BCUT2D eigenvalue weighted by Gasteiger charge is 2.05. The van der Waals surface area contributed by atoms with Gasteiger partial charge in [-0.2, -0.15) is 0 Å². The van der Waals surface area contributed by atoms with Crippen LogP contribution < -0.4 is 0 Å². The zero-order valence-electron chi connectivity index (χ0n) is 7.72. The molecule has 0 heterocycles. The van der Waals surface area contributed by atoms with Crippen molar-refractivity contribution >= 4 is 56.1 Å². The Bertz CT molecular complexity index is 341. The fraction of sp³-hybridized carbons (Fsp3) is 0.300. The molecular weight excluding hydrogens is 375 g/mol. The number of hydrogen-bond donors (Lipinski definition) is 0. The Morgan fingerprint density at radius 1 is 1.57 bits per heavy atom. The SMILES string of the molecule is CSc1ccc(CC(=O)CBr)c(I)c1. The predicted molar refractivity (Wildman–Crippen MR) is 73.4 cm³/mol. The van der Waals surface area contributed by atoms with Crippen molar-refractivity contribution in [2.45, 2.75) is 11.3 Å². The van der Waals surface area contributed by atoms with Gasteiger partial charge in [-0.3, -0.25) is 4.79 Å². The minimum Gasteiger partial charge on any atom is -0.298 e. The molecule has 0 aliphatic carbocycles. The lowest BCUT2D eigenvalue weighted by molar-refractivity contribution is -0.115. The van der Waals surface area contributed by atoms with Crippen LogP contribution in [0.15, 0.2) is 23.1 Å². The molecule has 14 heavy (non-hydrogen) atoms. The topological polar surface area (TPSA) is 17.1 Å². The van der Waals surface area contributed by atoms with Crippen LogP contribution in [0, 0.1) is 3.57 Å². The number of Topliss-reactive ketones (excluding diaryl/α,β-unsaturated/α-hetero) is 1. The van der Waals surface area contributed by atoms with Gasteiger partial charge in [-0.1, -0.05) is 22.0 Å². The zero-order chi connectivity index (χ0) is 10.6. The van der Waals surface area contributed by atoms with Crippen LogP contribution in [0.5, 0.6) is 0 Å². The van der Waals surface area contributed by atoms with Gasteiger partial charge in [0, 0.05) is 14.9 Å². The van der Waals surface area contributed by atoms with E-state index in [4.69, 9.17) is 0 Å². The van der Waals surface area contributed by atoms with Crippen LogP contribution in [0.2, 0.25) is 0 Å². The fourth-order valence-corrected chi connectivity index (χ4v) is 2.61. The van der Waals surface area contributed by atoms with Gasteiger partial charge in [0.15, 0.2) is 0 Å². The largest absolute Gasteiger partial charge is 0.298 e. The number of hydrogen-bond acceptors (Lipinski definition) is 2. The molecule has 0 N–H and O–H groups in total. The molecule has 0 unspecified atom stereocenters. The summed E-state index contributed by atoms with van der Waals surface area (Å²) in [5.74, 6) is 0.222. The molecule has 4 heteroatoms. The van der Waals surface area contributed by atoms with Gasteiger partial charge in [0.2, 0.25) is 0 Å². The molecule has 0 bridgehead atoms. The van der Waals surface area contributed by atoms with Crippen molar-refractivity contribution in [3.8, 4) is 0 Å². The van der Waals surface area contributed by atoms with E-state index in [0.717, 1.165) is 5.56 Å². The zero-order valence-corrected chi connectivity index (χ0v) is 12.3. The van der Waals surface area contributed by atoms with Crippen LogP contribution in [0.25, 0.3) is 0 Å². The Morgan fingerprint density at radius 3 is 2.79 bits per heavy atom. The molecule has 1 nitrogen and oxygen atoms in total. The first-order valence-corrected chi connectivity index (χ1v) is 7.50. The Hall–Kier alpha value is 0.450. The number of benzene rings is 1. The Morgan fingerprint density at radius 2 is 2.29 bits per heavy atom. The average Bonchev–Trinajstić information content (AvgIpc) is 2.20. The number of alkyl halides is 1. The van der Waals surface area contributed by atoms with Crippen molar-refractivity contribution in [1.29, 1.82) is 0 Å². The Balaban J connectivity index is 2.83. The molecule has 1 rings (SSSR count). The second kappa shape index (κ2) is 6.12. The first kappa shape index (κ1) is 12.5. The van der Waals surface area contributed by atoms with Gasteiger partial charge in [-0.15, -0.1) is 11.8 Å². The molecule has 0 aliphatic rings. The Labute approximate surface area is 110 Å². The van der Waals surface area contributed by atoms with E-state index in [0.29, 0.717) is 11.8 Å². The molecule has 0 fully saturated rings. The van der Waals surface area contributed by atoms with Gasteiger partial charge in [-0.05, 0) is 46.5 Å².